The van der Waals surface area contributed by atoms with Gasteiger partial charge in [0.05, 0.1) is 4.83 Å². The molecule has 1 saturated carbocycles. The van der Waals surface area contributed by atoms with Crippen LogP contribution in [0.2, 0.25) is 0 Å². The van der Waals surface area contributed by atoms with Gasteiger partial charge in [-0.05, 0) is 31.6 Å². The molecule has 2 heteroatoms. The summed E-state index contributed by atoms with van der Waals surface area (Å²) in [4.78, 5) is 12.4. The quantitative estimate of drug-likeness (QED) is 0.660. The van der Waals surface area contributed by atoms with E-state index in [9.17, 15) is 4.79 Å². The average molecular weight is 297 g/mol. The highest BCUT2D eigenvalue weighted by atomic mass is 79.9. The van der Waals surface area contributed by atoms with Crippen molar-refractivity contribution in [3.8, 4) is 0 Å². The van der Waals surface area contributed by atoms with E-state index < -0.39 is 0 Å². The number of alkyl halides is 1. The molecule has 0 bridgehead atoms. The molecule has 3 atom stereocenters. The van der Waals surface area contributed by atoms with Crippen LogP contribution in [0.5, 0.6) is 0 Å². The van der Waals surface area contributed by atoms with Crippen LogP contribution in [0.25, 0.3) is 0 Å². The first-order chi connectivity index (χ1) is 7.88. The summed E-state index contributed by atoms with van der Waals surface area (Å²) in [5, 5.41) is 0. The number of Topliss-reactive ketones (excluding diaryl/α,β-unsaturated/α-hetero) is 1. The summed E-state index contributed by atoms with van der Waals surface area (Å²) in [5.74, 6) is 1.25. The third-order valence-corrected chi connectivity index (χ3v) is 5.46. The molecule has 0 amide bonds. The summed E-state index contributed by atoms with van der Waals surface area (Å²) >= 11 is 3.63. The predicted octanol–water partition coefficient (Wildman–Crippen LogP) is 4.28. The lowest BCUT2D eigenvalue weighted by atomic mass is 9.69. The van der Waals surface area contributed by atoms with Gasteiger partial charge in [0.25, 0.3) is 0 Å². The number of halogens is 1. The molecule has 0 aliphatic heterocycles. The van der Waals surface area contributed by atoms with Gasteiger partial charge in [-0.3, -0.25) is 4.79 Å². The molecule has 0 aromatic heterocycles. The van der Waals surface area contributed by atoms with Gasteiger partial charge >= 0.3 is 0 Å². The normalized spacial score (nSPS) is 37.6. The van der Waals surface area contributed by atoms with Gasteiger partial charge in [-0.25, -0.2) is 0 Å². The van der Waals surface area contributed by atoms with E-state index in [4.69, 9.17) is 0 Å². The lowest BCUT2D eigenvalue weighted by Gasteiger charge is -2.35. The van der Waals surface area contributed by atoms with Crippen molar-refractivity contribution in [1.82, 2.24) is 0 Å². The first-order valence-corrected chi connectivity index (χ1v) is 7.35. The maximum atomic E-state index is 12.4. The number of hydrogen-bond donors (Lipinski definition) is 0. The number of carbonyl (C=O) groups excluding carboxylic acids is 1. The molecule has 0 heterocycles. The molecule has 94 valence electrons. The summed E-state index contributed by atoms with van der Waals surface area (Å²) in [5.41, 5.74) is 2.47. The fourth-order valence-electron chi connectivity index (χ4n) is 3.51. The molecule has 0 saturated heterocycles. The summed E-state index contributed by atoms with van der Waals surface area (Å²) in [6, 6.07) is 0. The number of carbonyl (C=O) groups is 1. The monoisotopic (exact) mass is 296 g/mol. The van der Waals surface area contributed by atoms with Crippen molar-refractivity contribution >= 4 is 21.7 Å². The van der Waals surface area contributed by atoms with Crippen LogP contribution in [0.1, 0.15) is 40.5 Å². The highest BCUT2D eigenvalue weighted by Gasteiger charge is 2.53. The number of allylic oxidation sites excluding steroid dienone is 4. The molecule has 0 aromatic rings. The largest absolute Gasteiger partial charge is 0.293 e. The molecule has 0 radical (unpaired) electrons. The van der Waals surface area contributed by atoms with Gasteiger partial charge in [-0.1, -0.05) is 54.4 Å². The van der Waals surface area contributed by atoms with E-state index in [-0.39, 0.29) is 10.2 Å². The van der Waals surface area contributed by atoms with Crippen LogP contribution in [0.4, 0.5) is 0 Å². The van der Waals surface area contributed by atoms with Crippen molar-refractivity contribution in [2.24, 2.45) is 17.3 Å². The van der Waals surface area contributed by atoms with Crippen LogP contribution >= 0.6 is 15.9 Å². The topological polar surface area (TPSA) is 17.1 Å². The van der Waals surface area contributed by atoms with Crippen molar-refractivity contribution in [1.29, 1.82) is 0 Å². The van der Waals surface area contributed by atoms with E-state index in [1.807, 2.05) is 0 Å². The molecule has 0 unspecified atom stereocenters. The van der Waals surface area contributed by atoms with E-state index >= 15 is 0 Å². The molecule has 0 spiro atoms. The fourth-order valence-corrected chi connectivity index (χ4v) is 4.95. The Labute approximate surface area is 112 Å². The number of rotatable bonds is 1. The molecule has 2 rings (SSSR count). The molecule has 0 N–H and O–H groups in total. The second kappa shape index (κ2) is 4.38. The van der Waals surface area contributed by atoms with Crippen molar-refractivity contribution < 1.29 is 4.79 Å². The molecule has 0 aromatic carbocycles. The number of hydrogen-bond acceptors (Lipinski definition) is 1. The summed E-state index contributed by atoms with van der Waals surface area (Å²) in [6.45, 7) is 8.88. The molecule has 2 aliphatic carbocycles. The molecule has 1 fully saturated rings. The van der Waals surface area contributed by atoms with Gasteiger partial charge in [0, 0.05) is 11.0 Å². The first kappa shape index (κ1) is 13.1. The minimum absolute atomic E-state index is 0.00514. The van der Waals surface area contributed by atoms with Gasteiger partial charge in [0.1, 0.15) is 0 Å². The molecular weight excluding hydrogens is 276 g/mol. The Hall–Kier alpha value is -0.370. The highest BCUT2D eigenvalue weighted by molar-refractivity contribution is 9.10. The van der Waals surface area contributed by atoms with Crippen molar-refractivity contribution in [3.63, 3.8) is 0 Å². The van der Waals surface area contributed by atoms with Crippen molar-refractivity contribution in [3.05, 3.63) is 23.3 Å². The van der Waals surface area contributed by atoms with Gasteiger partial charge in [0.15, 0.2) is 5.78 Å². The van der Waals surface area contributed by atoms with Crippen molar-refractivity contribution in [2.45, 2.75) is 45.4 Å². The Morgan fingerprint density at radius 3 is 2.65 bits per heavy atom. The van der Waals surface area contributed by atoms with Crippen LogP contribution in [-0.4, -0.2) is 10.6 Å². The van der Waals surface area contributed by atoms with Gasteiger partial charge in [-0.2, -0.15) is 0 Å². The van der Waals surface area contributed by atoms with E-state index in [2.05, 4.69) is 55.8 Å². The Balaban J connectivity index is 2.49. The standard InChI is InChI=1S/C15H21BrO/c1-9(2)12-13(16)14(17)11-6-5-10(3)7-8-15(11,12)4/h5-6,9,12-13H,7-8H2,1-4H3/t12-,13-,15-/m0/s1. The Kier molecular flexibility index (Phi) is 3.37. The van der Waals surface area contributed by atoms with Crippen LogP contribution in [0, 0.1) is 17.3 Å². The third kappa shape index (κ3) is 1.95. The summed E-state index contributed by atoms with van der Waals surface area (Å²) < 4.78 is 0. The van der Waals surface area contributed by atoms with Crippen LogP contribution in [-0.2, 0) is 4.79 Å². The summed E-state index contributed by atoms with van der Waals surface area (Å²) in [7, 11) is 0. The van der Waals surface area contributed by atoms with Gasteiger partial charge < -0.3 is 0 Å². The Morgan fingerprint density at radius 2 is 2.06 bits per heavy atom. The van der Waals surface area contributed by atoms with Crippen molar-refractivity contribution in [2.75, 3.05) is 0 Å². The lowest BCUT2D eigenvalue weighted by molar-refractivity contribution is -0.114. The maximum Gasteiger partial charge on any atom is 0.173 e. The molecule has 2 aliphatic rings. The first-order valence-electron chi connectivity index (χ1n) is 6.44. The molecule has 17 heavy (non-hydrogen) atoms. The van der Waals surface area contributed by atoms with E-state index in [1.54, 1.807) is 0 Å². The van der Waals surface area contributed by atoms with E-state index in [0.29, 0.717) is 17.6 Å². The van der Waals surface area contributed by atoms with Gasteiger partial charge in [-0.15, -0.1) is 0 Å². The fraction of sp³-hybridized carbons (Fsp3) is 0.667. The lowest BCUT2D eigenvalue weighted by Crippen LogP contribution is -2.31. The minimum atomic E-state index is 0.00514. The molecular formula is C15H21BrO. The Bertz CT molecular complexity index is 405. The predicted molar refractivity (Wildman–Crippen MR) is 75.2 cm³/mol. The zero-order valence-electron chi connectivity index (χ0n) is 11.1. The van der Waals surface area contributed by atoms with Gasteiger partial charge in [0.2, 0.25) is 0 Å². The highest BCUT2D eigenvalue weighted by Crippen LogP contribution is 2.55. The van der Waals surface area contributed by atoms with E-state index in [1.165, 1.54) is 5.57 Å². The average Bonchev–Trinajstić information content (AvgIpc) is 2.35. The van der Waals surface area contributed by atoms with Crippen LogP contribution < -0.4 is 0 Å². The third-order valence-electron chi connectivity index (χ3n) is 4.47. The SMILES string of the molecule is CC1=CC=C2C(=O)[C@@H](Br)[C@H](C(C)C)[C@@]2(C)CC1. The zero-order chi connectivity index (χ0) is 12.8. The second-order valence-electron chi connectivity index (χ2n) is 6.05. The van der Waals surface area contributed by atoms with Crippen LogP contribution in [0.3, 0.4) is 0 Å². The van der Waals surface area contributed by atoms with E-state index in [0.717, 1.165) is 18.4 Å². The second-order valence-corrected chi connectivity index (χ2v) is 7.03. The Morgan fingerprint density at radius 1 is 1.41 bits per heavy atom. The zero-order valence-corrected chi connectivity index (χ0v) is 12.7. The number of fused-ring (bicyclic) bond motifs is 1. The molecule has 1 nitrogen and oxygen atoms in total. The number of ketones is 1. The maximum absolute atomic E-state index is 12.4. The van der Waals surface area contributed by atoms with Crippen LogP contribution in [0.15, 0.2) is 23.3 Å². The summed E-state index contributed by atoms with van der Waals surface area (Å²) in [6.07, 6.45) is 6.40. The smallest absolute Gasteiger partial charge is 0.173 e. The minimum Gasteiger partial charge on any atom is -0.293 e.